The van der Waals surface area contributed by atoms with Crippen molar-refractivity contribution in [1.82, 2.24) is 5.32 Å². The molecule has 2 rings (SSSR count). The number of hydrogen-bond acceptors (Lipinski definition) is 3. The summed E-state index contributed by atoms with van der Waals surface area (Å²) in [4.78, 5) is 0.654. The molecule has 0 fully saturated rings. The van der Waals surface area contributed by atoms with Crippen LogP contribution in [0.3, 0.4) is 0 Å². The van der Waals surface area contributed by atoms with Gasteiger partial charge in [0.05, 0.1) is 12.0 Å². The first-order valence-corrected chi connectivity index (χ1v) is 7.61. The number of thioether (sulfide) groups is 1. The number of nitrogens with one attached hydrogen (secondary N) is 1. The van der Waals surface area contributed by atoms with Crippen LogP contribution in [0.2, 0.25) is 0 Å². The predicted molar refractivity (Wildman–Crippen MR) is 81.3 cm³/mol. The minimum Gasteiger partial charge on any atom is -0.468 e. The first-order chi connectivity index (χ1) is 9.44. The quantitative estimate of drug-likeness (QED) is 0.816. The van der Waals surface area contributed by atoms with Gasteiger partial charge < -0.3 is 9.73 Å². The Bertz CT molecular complexity index is 546. The Kier molecular flexibility index (Phi) is 4.89. The Morgan fingerprint density at radius 2 is 2.05 bits per heavy atom. The molecular weight excluding hydrogens is 273 g/mol. The number of benzene rings is 1. The van der Waals surface area contributed by atoms with Crippen LogP contribution >= 0.6 is 11.8 Å². The van der Waals surface area contributed by atoms with E-state index in [0.717, 1.165) is 11.3 Å². The van der Waals surface area contributed by atoms with Gasteiger partial charge in [-0.15, -0.1) is 11.8 Å². The van der Waals surface area contributed by atoms with Crippen LogP contribution in [0.5, 0.6) is 0 Å². The van der Waals surface area contributed by atoms with Crippen molar-refractivity contribution < 1.29 is 8.81 Å². The fraction of sp³-hybridized carbons (Fsp3) is 0.375. The van der Waals surface area contributed by atoms with E-state index in [1.807, 2.05) is 24.3 Å². The zero-order valence-electron chi connectivity index (χ0n) is 12.1. The van der Waals surface area contributed by atoms with Crippen molar-refractivity contribution in [2.75, 3.05) is 0 Å². The van der Waals surface area contributed by atoms with E-state index in [1.54, 1.807) is 12.3 Å². The van der Waals surface area contributed by atoms with Crippen molar-refractivity contribution in [2.45, 2.75) is 43.5 Å². The third kappa shape index (κ3) is 4.69. The highest BCUT2D eigenvalue weighted by Gasteiger charge is 2.10. The van der Waals surface area contributed by atoms with Gasteiger partial charge in [-0.25, -0.2) is 4.39 Å². The van der Waals surface area contributed by atoms with Crippen LogP contribution in [0.1, 0.15) is 32.1 Å². The van der Waals surface area contributed by atoms with Gasteiger partial charge in [0.25, 0.3) is 0 Å². The number of halogens is 1. The average Bonchev–Trinajstić information content (AvgIpc) is 2.87. The van der Waals surface area contributed by atoms with Crippen LogP contribution in [-0.2, 0) is 12.3 Å². The molecule has 0 aliphatic rings. The molecule has 20 heavy (non-hydrogen) atoms. The molecule has 0 amide bonds. The van der Waals surface area contributed by atoms with Crippen molar-refractivity contribution in [3.63, 3.8) is 0 Å². The summed E-state index contributed by atoms with van der Waals surface area (Å²) in [6.45, 7) is 6.95. The molecule has 0 bridgehead atoms. The van der Waals surface area contributed by atoms with Crippen molar-refractivity contribution in [1.29, 1.82) is 0 Å². The Balaban J connectivity index is 1.95. The maximum atomic E-state index is 14.0. The number of rotatable bonds is 5. The molecule has 0 saturated heterocycles. The molecule has 0 unspecified atom stereocenters. The lowest BCUT2D eigenvalue weighted by Crippen LogP contribution is -2.35. The van der Waals surface area contributed by atoms with Gasteiger partial charge in [0.15, 0.2) is 0 Å². The van der Waals surface area contributed by atoms with Crippen LogP contribution in [0.15, 0.2) is 45.9 Å². The maximum absolute atomic E-state index is 14.0. The SMILES string of the molecule is CC(C)(C)NCc1ccc(SCc2ccco2)c(F)c1. The van der Waals surface area contributed by atoms with E-state index < -0.39 is 0 Å². The molecule has 2 aromatic rings. The lowest BCUT2D eigenvalue weighted by Gasteiger charge is -2.20. The molecule has 0 saturated carbocycles. The minimum absolute atomic E-state index is 0.0309. The summed E-state index contributed by atoms with van der Waals surface area (Å²) in [5.41, 5.74) is 0.989. The van der Waals surface area contributed by atoms with Crippen molar-refractivity contribution in [3.05, 3.63) is 53.7 Å². The zero-order valence-corrected chi connectivity index (χ0v) is 12.9. The highest BCUT2D eigenvalue weighted by atomic mass is 32.2. The van der Waals surface area contributed by atoms with Crippen molar-refractivity contribution >= 4 is 11.8 Å². The van der Waals surface area contributed by atoms with Gasteiger partial charge in [-0.3, -0.25) is 0 Å². The van der Waals surface area contributed by atoms with Crippen LogP contribution < -0.4 is 5.32 Å². The fourth-order valence-corrected chi connectivity index (χ4v) is 2.51. The minimum atomic E-state index is -0.172. The van der Waals surface area contributed by atoms with E-state index in [9.17, 15) is 4.39 Å². The summed E-state index contributed by atoms with van der Waals surface area (Å²) >= 11 is 1.45. The molecule has 2 nitrogen and oxygen atoms in total. The molecule has 4 heteroatoms. The monoisotopic (exact) mass is 293 g/mol. The Morgan fingerprint density at radius 1 is 1.25 bits per heavy atom. The largest absolute Gasteiger partial charge is 0.468 e. The Morgan fingerprint density at radius 3 is 2.65 bits per heavy atom. The molecule has 0 aliphatic carbocycles. The van der Waals surface area contributed by atoms with Gasteiger partial charge in [-0.2, -0.15) is 0 Å². The first kappa shape index (κ1) is 15.1. The van der Waals surface area contributed by atoms with Crippen LogP contribution in [0.4, 0.5) is 4.39 Å². The predicted octanol–water partition coefficient (Wildman–Crippen LogP) is 4.60. The van der Waals surface area contributed by atoms with Gasteiger partial charge >= 0.3 is 0 Å². The summed E-state index contributed by atoms with van der Waals surface area (Å²) < 4.78 is 19.3. The van der Waals surface area contributed by atoms with E-state index in [2.05, 4.69) is 26.1 Å². The van der Waals surface area contributed by atoms with Crippen LogP contribution in [-0.4, -0.2) is 5.54 Å². The molecule has 0 aliphatic heterocycles. The molecule has 1 heterocycles. The van der Waals surface area contributed by atoms with Gasteiger partial charge in [0.1, 0.15) is 11.6 Å². The van der Waals surface area contributed by atoms with E-state index in [-0.39, 0.29) is 11.4 Å². The summed E-state index contributed by atoms with van der Waals surface area (Å²) in [7, 11) is 0. The number of hydrogen-bond donors (Lipinski definition) is 1. The van der Waals surface area contributed by atoms with Crippen molar-refractivity contribution in [2.24, 2.45) is 0 Å². The topological polar surface area (TPSA) is 25.2 Å². The van der Waals surface area contributed by atoms with E-state index in [0.29, 0.717) is 17.2 Å². The Hall–Kier alpha value is -1.26. The number of furan rings is 1. The second-order valence-corrected chi connectivity index (χ2v) is 6.75. The lowest BCUT2D eigenvalue weighted by atomic mass is 10.1. The van der Waals surface area contributed by atoms with Gasteiger partial charge in [0, 0.05) is 17.0 Å². The summed E-state index contributed by atoms with van der Waals surface area (Å²) in [5, 5.41) is 3.35. The molecule has 1 aromatic carbocycles. The molecule has 0 spiro atoms. The average molecular weight is 293 g/mol. The summed E-state index contributed by atoms with van der Waals surface area (Å²) in [6.07, 6.45) is 1.63. The normalized spacial score (nSPS) is 11.8. The lowest BCUT2D eigenvalue weighted by molar-refractivity contribution is 0.423. The van der Waals surface area contributed by atoms with Crippen LogP contribution in [0.25, 0.3) is 0 Å². The van der Waals surface area contributed by atoms with Gasteiger partial charge in [0.2, 0.25) is 0 Å². The Labute approximate surface area is 123 Å². The summed E-state index contributed by atoms with van der Waals surface area (Å²) in [5.74, 6) is 1.33. The zero-order chi connectivity index (χ0) is 14.6. The third-order valence-electron chi connectivity index (χ3n) is 2.77. The fourth-order valence-electron chi connectivity index (χ4n) is 1.68. The standard InChI is InChI=1S/C16H20FNOS/c1-16(2,3)18-10-12-6-7-15(14(17)9-12)20-11-13-5-4-8-19-13/h4-9,18H,10-11H2,1-3H3. The molecule has 108 valence electrons. The molecule has 0 radical (unpaired) electrons. The first-order valence-electron chi connectivity index (χ1n) is 6.63. The molecule has 1 N–H and O–H groups in total. The highest BCUT2D eigenvalue weighted by molar-refractivity contribution is 7.98. The third-order valence-corrected chi connectivity index (χ3v) is 3.84. The van der Waals surface area contributed by atoms with E-state index in [1.165, 1.54) is 11.8 Å². The van der Waals surface area contributed by atoms with Gasteiger partial charge in [-0.05, 0) is 50.6 Å². The maximum Gasteiger partial charge on any atom is 0.137 e. The smallest absolute Gasteiger partial charge is 0.137 e. The second kappa shape index (κ2) is 6.46. The molecular formula is C16H20FNOS. The second-order valence-electron chi connectivity index (χ2n) is 5.74. The van der Waals surface area contributed by atoms with E-state index >= 15 is 0 Å². The van der Waals surface area contributed by atoms with Crippen molar-refractivity contribution in [3.8, 4) is 0 Å². The van der Waals surface area contributed by atoms with E-state index in [4.69, 9.17) is 4.42 Å². The van der Waals surface area contributed by atoms with Gasteiger partial charge in [-0.1, -0.05) is 6.07 Å². The molecule has 1 aromatic heterocycles. The molecule has 0 atom stereocenters. The summed E-state index contributed by atoms with van der Waals surface area (Å²) in [6, 6.07) is 9.14. The van der Waals surface area contributed by atoms with Crippen LogP contribution in [0, 0.1) is 5.82 Å². The highest BCUT2D eigenvalue weighted by Crippen LogP contribution is 2.26.